The molecule has 0 fully saturated rings. The maximum Gasteiger partial charge on any atom is 0.249 e. The Kier molecular flexibility index (Phi) is 38.5. The van der Waals surface area contributed by atoms with Gasteiger partial charge in [0.05, 0.1) is 18.8 Å². The van der Waals surface area contributed by atoms with Crippen LogP contribution in [-0.4, -0.2) is 57.3 Å². The lowest BCUT2D eigenvalue weighted by Crippen LogP contribution is -2.53. The molecule has 0 heterocycles. The molecule has 0 aromatic rings. The van der Waals surface area contributed by atoms with Crippen molar-refractivity contribution in [3.8, 4) is 0 Å². The summed E-state index contributed by atoms with van der Waals surface area (Å²) in [6, 6.07) is -0.996. The molecule has 0 aliphatic rings. The summed E-state index contributed by atoms with van der Waals surface area (Å²) in [6.07, 6.45) is 42.4. The number of amides is 1. The van der Waals surface area contributed by atoms with Gasteiger partial charge in [-0.1, -0.05) is 206 Å². The molecular formula is C44H87NO5. The summed E-state index contributed by atoms with van der Waals surface area (Å²) in [4.78, 5) is 12.5. The van der Waals surface area contributed by atoms with Crippen molar-refractivity contribution in [2.24, 2.45) is 0 Å². The molecule has 0 aromatic heterocycles. The average molecular weight is 710 g/mol. The van der Waals surface area contributed by atoms with Gasteiger partial charge >= 0.3 is 0 Å². The Hall–Kier alpha value is -0.950. The van der Waals surface area contributed by atoms with E-state index in [0.717, 1.165) is 38.5 Å². The number of aliphatic hydroxyl groups excluding tert-OH is 4. The topological polar surface area (TPSA) is 110 Å². The molecule has 0 spiro atoms. The predicted octanol–water partition coefficient (Wildman–Crippen LogP) is 11.4. The molecule has 1 amide bonds. The SMILES string of the molecule is CCCCCCCCCCCCCCCC/C=C/CCCC(O)C(O)C(CO)NC(=O)C(O)CCCCCCCCCCCCCCCCC. The van der Waals surface area contributed by atoms with Crippen LogP contribution < -0.4 is 5.32 Å². The van der Waals surface area contributed by atoms with Gasteiger partial charge in [0.15, 0.2) is 0 Å². The lowest BCUT2D eigenvalue weighted by atomic mass is 10.00. The Morgan fingerprint density at radius 1 is 0.480 bits per heavy atom. The van der Waals surface area contributed by atoms with Crippen molar-refractivity contribution in [2.45, 2.75) is 257 Å². The Bertz CT molecular complexity index is 717. The molecule has 4 atom stereocenters. The van der Waals surface area contributed by atoms with E-state index in [4.69, 9.17) is 0 Å². The Labute approximate surface area is 311 Å². The zero-order chi connectivity index (χ0) is 36.8. The largest absolute Gasteiger partial charge is 0.394 e. The van der Waals surface area contributed by atoms with Crippen LogP contribution >= 0.6 is 0 Å². The average Bonchev–Trinajstić information content (AvgIpc) is 3.12. The number of carbonyl (C=O) groups is 1. The van der Waals surface area contributed by atoms with Crippen molar-refractivity contribution in [3.05, 3.63) is 12.2 Å². The van der Waals surface area contributed by atoms with Crippen molar-refractivity contribution < 1.29 is 25.2 Å². The van der Waals surface area contributed by atoms with Crippen LogP contribution in [0.15, 0.2) is 12.2 Å². The summed E-state index contributed by atoms with van der Waals surface area (Å²) in [5.41, 5.74) is 0. The molecule has 6 heteroatoms. The fourth-order valence-electron chi connectivity index (χ4n) is 6.93. The summed E-state index contributed by atoms with van der Waals surface area (Å²) in [5.74, 6) is -0.591. The Balaban J connectivity index is 3.75. The molecule has 0 rings (SSSR count). The number of aliphatic hydroxyl groups is 4. The number of hydrogen-bond donors (Lipinski definition) is 5. The van der Waals surface area contributed by atoms with E-state index in [0.29, 0.717) is 12.8 Å². The molecule has 50 heavy (non-hydrogen) atoms. The van der Waals surface area contributed by atoms with E-state index in [-0.39, 0.29) is 0 Å². The first kappa shape index (κ1) is 49.0. The molecule has 0 saturated heterocycles. The van der Waals surface area contributed by atoms with Crippen LogP contribution in [0.1, 0.15) is 232 Å². The van der Waals surface area contributed by atoms with Gasteiger partial charge < -0.3 is 25.7 Å². The van der Waals surface area contributed by atoms with Gasteiger partial charge in [-0.15, -0.1) is 0 Å². The first-order valence-corrected chi connectivity index (χ1v) is 22.1. The number of carbonyl (C=O) groups excluding carboxylic acids is 1. The lowest BCUT2D eigenvalue weighted by molar-refractivity contribution is -0.132. The molecule has 0 bridgehead atoms. The van der Waals surface area contributed by atoms with E-state index in [1.165, 1.54) is 167 Å². The van der Waals surface area contributed by atoms with E-state index >= 15 is 0 Å². The van der Waals surface area contributed by atoms with Crippen LogP contribution in [0.2, 0.25) is 0 Å². The fourth-order valence-corrected chi connectivity index (χ4v) is 6.93. The van der Waals surface area contributed by atoms with Gasteiger partial charge in [0.1, 0.15) is 12.2 Å². The molecule has 0 saturated carbocycles. The number of unbranched alkanes of at least 4 members (excludes halogenated alkanes) is 29. The molecule has 0 radical (unpaired) electrons. The third kappa shape index (κ3) is 32.9. The summed E-state index contributed by atoms with van der Waals surface area (Å²) in [5, 5.41) is 43.6. The first-order chi connectivity index (χ1) is 24.5. The van der Waals surface area contributed by atoms with Crippen LogP contribution in [0.25, 0.3) is 0 Å². The zero-order valence-corrected chi connectivity index (χ0v) is 33.4. The molecule has 0 aliphatic heterocycles. The molecule has 298 valence electrons. The van der Waals surface area contributed by atoms with Gasteiger partial charge in [0.2, 0.25) is 5.91 Å². The third-order valence-corrected chi connectivity index (χ3v) is 10.5. The summed E-state index contributed by atoms with van der Waals surface area (Å²) < 4.78 is 0. The quantitative estimate of drug-likeness (QED) is 0.0321. The minimum Gasteiger partial charge on any atom is -0.394 e. The van der Waals surface area contributed by atoms with E-state index in [9.17, 15) is 25.2 Å². The van der Waals surface area contributed by atoms with E-state index in [1.807, 2.05) is 0 Å². The molecule has 4 unspecified atom stereocenters. The van der Waals surface area contributed by atoms with Gasteiger partial charge in [-0.05, 0) is 38.5 Å². The minimum absolute atomic E-state index is 0.368. The second-order valence-electron chi connectivity index (χ2n) is 15.4. The highest BCUT2D eigenvalue weighted by Gasteiger charge is 2.28. The molecular weight excluding hydrogens is 622 g/mol. The van der Waals surface area contributed by atoms with Crippen LogP contribution in [-0.2, 0) is 4.79 Å². The molecule has 0 aromatic carbocycles. The lowest BCUT2D eigenvalue weighted by Gasteiger charge is -2.27. The van der Waals surface area contributed by atoms with Crippen molar-refractivity contribution in [3.63, 3.8) is 0 Å². The van der Waals surface area contributed by atoms with Crippen molar-refractivity contribution in [2.75, 3.05) is 6.61 Å². The smallest absolute Gasteiger partial charge is 0.249 e. The Morgan fingerprint density at radius 3 is 1.20 bits per heavy atom. The highest BCUT2D eigenvalue weighted by Crippen LogP contribution is 2.16. The van der Waals surface area contributed by atoms with Crippen molar-refractivity contribution in [1.29, 1.82) is 0 Å². The first-order valence-electron chi connectivity index (χ1n) is 22.1. The monoisotopic (exact) mass is 710 g/mol. The van der Waals surface area contributed by atoms with Crippen LogP contribution in [0.3, 0.4) is 0 Å². The van der Waals surface area contributed by atoms with E-state index in [1.54, 1.807) is 0 Å². The van der Waals surface area contributed by atoms with Gasteiger partial charge in [-0.2, -0.15) is 0 Å². The Morgan fingerprint density at radius 2 is 0.820 bits per heavy atom. The maximum atomic E-state index is 12.5. The highest BCUT2D eigenvalue weighted by atomic mass is 16.3. The number of nitrogens with one attached hydrogen (secondary N) is 1. The van der Waals surface area contributed by atoms with Crippen LogP contribution in [0.4, 0.5) is 0 Å². The predicted molar refractivity (Wildman–Crippen MR) is 215 cm³/mol. The molecule has 0 aliphatic carbocycles. The minimum atomic E-state index is -1.28. The molecule has 5 N–H and O–H groups in total. The van der Waals surface area contributed by atoms with Crippen LogP contribution in [0, 0.1) is 0 Å². The van der Waals surface area contributed by atoms with Gasteiger partial charge in [-0.3, -0.25) is 4.79 Å². The second kappa shape index (κ2) is 39.3. The highest BCUT2D eigenvalue weighted by molar-refractivity contribution is 5.80. The fraction of sp³-hybridized carbons (Fsp3) is 0.932. The van der Waals surface area contributed by atoms with E-state index in [2.05, 4.69) is 31.3 Å². The van der Waals surface area contributed by atoms with Gasteiger partial charge in [-0.25, -0.2) is 0 Å². The van der Waals surface area contributed by atoms with Crippen molar-refractivity contribution in [1.82, 2.24) is 5.32 Å². The van der Waals surface area contributed by atoms with E-state index < -0.39 is 36.9 Å². The standard InChI is InChI=1S/C44H87NO5/c1-3-5-7-9-11-13-15-17-19-20-21-22-24-25-27-29-31-33-35-37-41(47)43(49)40(39-46)45-44(50)42(48)38-36-34-32-30-28-26-23-18-16-14-12-10-8-6-4-2/h29,31,40-43,46-49H,3-28,30,32-39H2,1-2H3,(H,45,50)/b31-29+. The van der Waals surface area contributed by atoms with Crippen molar-refractivity contribution >= 4 is 5.91 Å². The van der Waals surface area contributed by atoms with Crippen LogP contribution in [0.5, 0.6) is 0 Å². The third-order valence-electron chi connectivity index (χ3n) is 10.5. The maximum absolute atomic E-state index is 12.5. The molecule has 6 nitrogen and oxygen atoms in total. The van der Waals surface area contributed by atoms with Gasteiger partial charge in [0.25, 0.3) is 0 Å². The number of allylic oxidation sites excluding steroid dienone is 2. The number of hydrogen-bond acceptors (Lipinski definition) is 5. The van der Waals surface area contributed by atoms with Gasteiger partial charge in [0, 0.05) is 0 Å². The summed E-state index contributed by atoms with van der Waals surface area (Å²) in [7, 11) is 0. The second-order valence-corrected chi connectivity index (χ2v) is 15.4. The normalized spacial score (nSPS) is 14.3. The zero-order valence-electron chi connectivity index (χ0n) is 33.4. The summed E-state index contributed by atoms with van der Waals surface area (Å²) >= 11 is 0. The summed E-state index contributed by atoms with van der Waals surface area (Å²) in [6.45, 7) is 4.05. The number of rotatable bonds is 40.